The Balaban J connectivity index is 1.99. The fraction of sp³-hybridized carbons (Fsp3) is 0.333. The molecular weight excluding hydrogens is 280 g/mol. The molecule has 114 valence electrons. The first-order valence-electron chi connectivity index (χ1n) is 8.47. The minimum Gasteiger partial charge on any atom is -0.139 e. The second-order valence-electron chi connectivity index (χ2n) is 5.74. The van der Waals surface area contributed by atoms with Crippen LogP contribution in [0.4, 0.5) is 0 Å². The molecule has 0 unspecified atom stereocenters. The Kier molecular flexibility index (Phi) is 7.56. The standard InChI is InChI=1S/C21H26Si/c1-2-3-4-5-6-13-18-22-21(19-14-9-7-10-15-19)20-16-11-8-12-17-20/h7-12,14-17,21H,2-6,22H2,1H3. The van der Waals surface area contributed by atoms with Gasteiger partial charge in [-0.1, -0.05) is 86.8 Å². The Morgan fingerprint density at radius 3 is 1.95 bits per heavy atom. The molecule has 0 aromatic heterocycles. The molecular formula is C21H26Si. The van der Waals surface area contributed by atoms with Crippen LogP contribution in [-0.2, 0) is 0 Å². The number of unbranched alkanes of at least 4 members (excludes halogenated alkanes) is 4. The maximum absolute atomic E-state index is 3.55. The van der Waals surface area contributed by atoms with Crippen molar-refractivity contribution in [3.63, 3.8) is 0 Å². The molecule has 2 rings (SSSR count). The van der Waals surface area contributed by atoms with Crippen LogP contribution in [0.1, 0.15) is 55.7 Å². The summed E-state index contributed by atoms with van der Waals surface area (Å²) in [5.41, 5.74) is 6.90. The Labute approximate surface area is 137 Å². The van der Waals surface area contributed by atoms with Gasteiger partial charge in [-0.2, -0.15) is 0 Å². The fourth-order valence-corrected chi connectivity index (χ4v) is 4.24. The van der Waals surface area contributed by atoms with Crippen LogP contribution in [0.2, 0.25) is 0 Å². The van der Waals surface area contributed by atoms with E-state index in [2.05, 4.69) is 79.1 Å². The molecule has 0 aliphatic carbocycles. The summed E-state index contributed by atoms with van der Waals surface area (Å²) >= 11 is 0. The zero-order valence-corrected chi connectivity index (χ0v) is 15.0. The molecule has 0 nitrogen and oxygen atoms in total. The molecule has 0 heterocycles. The second-order valence-corrected chi connectivity index (χ2v) is 7.32. The lowest BCUT2D eigenvalue weighted by molar-refractivity contribution is 0.680. The van der Waals surface area contributed by atoms with Crippen molar-refractivity contribution in [1.82, 2.24) is 0 Å². The largest absolute Gasteiger partial charge is 0.139 e. The molecule has 0 atom stereocenters. The Bertz CT molecular complexity index is 538. The SMILES string of the molecule is CCCCCCC#C[SiH2]C(c1ccccc1)c1ccccc1. The van der Waals surface area contributed by atoms with Crippen molar-refractivity contribution >= 4 is 9.52 Å². The van der Waals surface area contributed by atoms with Crippen molar-refractivity contribution in [3.8, 4) is 11.5 Å². The Morgan fingerprint density at radius 2 is 1.41 bits per heavy atom. The molecule has 0 amide bonds. The summed E-state index contributed by atoms with van der Waals surface area (Å²) < 4.78 is 0. The molecule has 0 aliphatic heterocycles. The molecule has 0 bridgehead atoms. The van der Waals surface area contributed by atoms with Crippen LogP contribution in [-0.4, -0.2) is 9.52 Å². The van der Waals surface area contributed by atoms with Gasteiger partial charge in [-0.3, -0.25) is 0 Å². The van der Waals surface area contributed by atoms with Gasteiger partial charge in [0.05, 0.1) is 0 Å². The molecule has 22 heavy (non-hydrogen) atoms. The summed E-state index contributed by atoms with van der Waals surface area (Å²) in [6.07, 6.45) is 6.30. The molecule has 0 fully saturated rings. The zero-order valence-electron chi connectivity index (χ0n) is 13.6. The topological polar surface area (TPSA) is 0 Å². The van der Waals surface area contributed by atoms with E-state index in [1.807, 2.05) is 0 Å². The van der Waals surface area contributed by atoms with Crippen LogP contribution < -0.4 is 0 Å². The second kappa shape index (κ2) is 10.0. The third-order valence-electron chi connectivity index (χ3n) is 3.99. The maximum atomic E-state index is 3.55. The van der Waals surface area contributed by atoms with E-state index in [0.717, 1.165) is 6.42 Å². The van der Waals surface area contributed by atoms with Gasteiger partial charge in [-0.15, -0.1) is 11.5 Å². The van der Waals surface area contributed by atoms with Gasteiger partial charge in [-0.05, 0) is 17.5 Å². The molecule has 0 spiro atoms. The quantitative estimate of drug-likeness (QED) is 0.389. The molecule has 1 heteroatoms. The summed E-state index contributed by atoms with van der Waals surface area (Å²) in [4.78, 5) is 0. The fourth-order valence-electron chi connectivity index (χ4n) is 2.70. The van der Waals surface area contributed by atoms with Crippen LogP contribution >= 0.6 is 0 Å². The Hall–Kier alpha value is -1.78. The third-order valence-corrected chi connectivity index (χ3v) is 5.80. The van der Waals surface area contributed by atoms with Gasteiger partial charge in [0.1, 0.15) is 9.52 Å². The van der Waals surface area contributed by atoms with E-state index >= 15 is 0 Å². The van der Waals surface area contributed by atoms with Crippen molar-refractivity contribution in [2.75, 3.05) is 0 Å². The number of benzene rings is 2. The molecule has 0 saturated heterocycles. The summed E-state index contributed by atoms with van der Waals surface area (Å²) in [5.74, 6) is 3.43. The van der Waals surface area contributed by atoms with Gasteiger partial charge >= 0.3 is 0 Å². The lowest BCUT2D eigenvalue weighted by Gasteiger charge is -2.14. The summed E-state index contributed by atoms with van der Waals surface area (Å²) in [7, 11) is -0.472. The van der Waals surface area contributed by atoms with Crippen molar-refractivity contribution < 1.29 is 0 Å². The normalized spacial score (nSPS) is 10.8. The van der Waals surface area contributed by atoms with Crippen LogP contribution in [0.5, 0.6) is 0 Å². The molecule has 2 aromatic rings. The first-order valence-corrected chi connectivity index (χ1v) is 9.99. The van der Waals surface area contributed by atoms with E-state index in [1.54, 1.807) is 0 Å². The molecule has 2 aromatic carbocycles. The average molecular weight is 307 g/mol. The Morgan fingerprint density at radius 1 is 0.818 bits per heavy atom. The van der Waals surface area contributed by atoms with Crippen molar-refractivity contribution in [2.45, 2.75) is 44.6 Å². The van der Waals surface area contributed by atoms with E-state index in [4.69, 9.17) is 0 Å². The van der Waals surface area contributed by atoms with Crippen LogP contribution in [0.25, 0.3) is 0 Å². The van der Waals surface area contributed by atoms with Crippen molar-refractivity contribution in [3.05, 3.63) is 71.8 Å². The highest BCUT2D eigenvalue weighted by Crippen LogP contribution is 2.22. The summed E-state index contributed by atoms with van der Waals surface area (Å²) in [6.45, 7) is 2.25. The molecule has 0 saturated carbocycles. The van der Waals surface area contributed by atoms with Crippen molar-refractivity contribution in [1.29, 1.82) is 0 Å². The van der Waals surface area contributed by atoms with Gasteiger partial charge in [-0.25, -0.2) is 0 Å². The first-order chi connectivity index (χ1) is 10.9. The van der Waals surface area contributed by atoms with Gasteiger partial charge in [0.2, 0.25) is 0 Å². The predicted molar refractivity (Wildman–Crippen MR) is 99.8 cm³/mol. The zero-order chi connectivity index (χ0) is 15.5. The van der Waals surface area contributed by atoms with Crippen molar-refractivity contribution in [2.24, 2.45) is 0 Å². The summed E-state index contributed by atoms with van der Waals surface area (Å²) in [6, 6.07) is 21.7. The minimum absolute atomic E-state index is 0.472. The predicted octanol–water partition coefficient (Wildman–Crippen LogP) is 4.88. The van der Waals surface area contributed by atoms with E-state index in [-0.39, 0.29) is 0 Å². The molecule has 0 aliphatic rings. The lowest BCUT2D eigenvalue weighted by atomic mass is 10.0. The molecule has 0 radical (unpaired) electrons. The monoisotopic (exact) mass is 306 g/mol. The summed E-state index contributed by atoms with van der Waals surface area (Å²) in [5, 5.41) is 0. The van der Waals surface area contributed by atoms with Gasteiger partial charge in [0.25, 0.3) is 0 Å². The van der Waals surface area contributed by atoms with E-state index in [0.29, 0.717) is 5.54 Å². The average Bonchev–Trinajstić information content (AvgIpc) is 2.59. The van der Waals surface area contributed by atoms with Crippen LogP contribution in [0.3, 0.4) is 0 Å². The first kappa shape index (κ1) is 16.6. The van der Waals surface area contributed by atoms with Crippen LogP contribution in [0, 0.1) is 11.5 Å². The highest BCUT2D eigenvalue weighted by Gasteiger charge is 2.12. The number of rotatable bonds is 7. The highest BCUT2D eigenvalue weighted by atomic mass is 28.2. The minimum atomic E-state index is -0.472. The van der Waals surface area contributed by atoms with Gasteiger partial charge in [0, 0.05) is 12.0 Å². The van der Waals surface area contributed by atoms with Gasteiger partial charge < -0.3 is 0 Å². The van der Waals surface area contributed by atoms with E-state index in [1.165, 1.54) is 36.8 Å². The van der Waals surface area contributed by atoms with E-state index < -0.39 is 9.52 Å². The van der Waals surface area contributed by atoms with Gasteiger partial charge in [0.15, 0.2) is 0 Å². The van der Waals surface area contributed by atoms with Crippen LogP contribution in [0.15, 0.2) is 60.7 Å². The van der Waals surface area contributed by atoms with E-state index in [9.17, 15) is 0 Å². The third kappa shape index (κ3) is 5.54. The number of hydrogen-bond donors (Lipinski definition) is 0. The highest BCUT2D eigenvalue weighted by molar-refractivity contribution is 6.49. The smallest absolute Gasteiger partial charge is 0.118 e. The lowest BCUT2D eigenvalue weighted by Crippen LogP contribution is -2.08. The maximum Gasteiger partial charge on any atom is 0.118 e. The molecule has 0 N–H and O–H groups in total. The number of hydrogen-bond acceptors (Lipinski definition) is 0.